The maximum Gasteiger partial charge on any atom is 0.191 e. The Bertz CT molecular complexity index is 734. The van der Waals surface area contributed by atoms with Crippen molar-refractivity contribution in [2.75, 3.05) is 24.5 Å². The number of aliphatic imine (C=N–C) groups is 1. The van der Waals surface area contributed by atoms with Crippen LogP contribution in [-0.2, 0) is 6.54 Å². The molecule has 3 N–H and O–H groups in total. The third-order valence-corrected chi connectivity index (χ3v) is 4.76. The number of nitrogens with zero attached hydrogens (tertiary/aromatic N) is 3. The minimum absolute atomic E-state index is 0.280. The van der Waals surface area contributed by atoms with Crippen LogP contribution in [0, 0.1) is 6.92 Å². The Kier molecular flexibility index (Phi) is 6.52. The highest BCUT2D eigenvalue weighted by atomic mass is 16.3. The summed E-state index contributed by atoms with van der Waals surface area (Å²) in [6.45, 7) is 7.53. The van der Waals surface area contributed by atoms with Crippen LogP contribution in [0.15, 0.2) is 47.6 Å². The number of guanidine groups is 1. The highest BCUT2D eigenvalue weighted by molar-refractivity contribution is 5.80. The van der Waals surface area contributed by atoms with Crippen molar-refractivity contribution in [3.8, 4) is 5.75 Å². The fraction of sp³-hybridized carbons (Fsp3) is 0.429. The summed E-state index contributed by atoms with van der Waals surface area (Å²) in [4.78, 5) is 11.6. The van der Waals surface area contributed by atoms with E-state index < -0.39 is 0 Å². The molecule has 0 atom stereocenters. The van der Waals surface area contributed by atoms with E-state index in [1.165, 1.54) is 5.56 Å². The lowest BCUT2D eigenvalue weighted by atomic mass is 10.1. The quantitative estimate of drug-likeness (QED) is 0.560. The molecule has 0 aliphatic carbocycles. The number of pyridine rings is 1. The van der Waals surface area contributed by atoms with Gasteiger partial charge in [-0.3, -0.25) is 0 Å². The van der Waals surface area contributed by atoms with E-state index in [0.29, 0.717) is 12.6 Å². The largest absolute Gasteiger partial charge is 0.508 e. The highest BCUT2D eigenvalue weighted by Crippen LogP contribution is 2.18. The van der Waals surface area contributed by atoms with Crippen molar-refractivity contribution < 1.29 is 5.11 Å². The standard InChI is InChI=1S/C21H29N5O/c1-3-22-21(24-15-17-5-7-19(27)8-6-17)25-18-10-12-26(13-11-18)20-9-4-16(2)14-23-20/h4-9,14,18,27H,3,10-13,15H2,1-2H3,(H2,22,24,25). The molecule has 0 spiro atoms. The minimum Gasteiger partial charge on any atom is -0.508 e. The van der Waals surface area contributed by atoms with Gasteiger partial charge in [-0.25, -0.2) is 9.98 Å². The minimum atomic E-state index is 0.280. The number of aromatic nitrogens is 1. The molecule has 0 saturated carbocycles. The second-order valence-electron chi connectivity index (χ2n) is 6.96. The Hall–Kier alpha value is -2.76. The topological polar surface area (TPSA) is 72.8 Å². The first-order chi connectivity index (χ1) is 13.1. The second kappa shape index (κ2) is 9.26. The van der Waals surface area contributed by atoms with Crippen LogP contribution < -0.4 is 15.5 Å². The van der Waals surface area contributed by atoms with Crippen LogP contribution in [0.5, 0.6) is 5.75 Å². The molecule has 1 aliphatic rings. The van der Waals surface area contributed by atoms with E-state index in [4.69, 9.17) is 0 Å². The number of nitrogens with one attached hydrogen (secondary N) is 2. The van der Waals surface area contributed by atoms with Crippen molar-refractivity contribution in [2.24, 2.45) is 4.99 Å². The first kappa shape index (κ1) is 19.0. The van der Waals surface area contributed by atoms with Crippen molar-refractivity contribution in [2.45, 2.75) is 39.3 Å². The maximum atomic E-state index is 9.38. The Morgan fingerprint density at radius 3 is 2.56 bits per heavy atom. The van der Waals surface area contributed by atoms with Gasteiger partial charge in [0.25, 0.3) is 0 Å². The summed E-state index contributed by atoms with van der Waals surface area (Å²) < 4.78 is 0. The number of benzene rings is 1. The van der Waals surface area contributed by atoms with Gasteiger partial charge in [0.15, 0.2) is 5.96 Å². The van der Waals surface area contributed by atoms with E-state index in [1.807, 2.05) is 18.3 Å². The molecule has 6 nitrogen and oxygen atoms in total. The number of phenolic OH excluding ortho intramolecular Hbond substituents is 1. The summed E-state index contributed by atoms with van der Waals surface area (Å²) in [5, 5.41) is 16.3. The molecule has 1 saturated heterocycles. The summed E-state index contributed by atoms with van der Waals surface area (Å²) in [6, 6.07) is 11.8. The van der Waals surface area contributed by atoms with Gasteiger partial charge in [0, 0.05) is 31.9 Å². The SMILES string of the molecule is CCNC(=NCc1ccc(O)cc1)NC1CCN(c2ccc(C)cn2)CC1. The number of hydrogen-bond donors (Lipinski definition) is 3. The number of phenols is 1. The first-order valence-corrected chi connectivity index (χ1v) is 9.64. The molecular formula is C21H29N5O. The number of piperidine rings is 1. The third kappa shape index (κ3) is 5.61. The lowest BCUT2D eigenvalue weighted by Gasteiger charge is -2.33. The third-order valence-electron chi connectivity index (χ3n) is 4.76. The zero-order valence-electron chi connectivity index (χ0n) is 16.2. The highest BCUT2D eigenvalue weighted by Gasteiger charge is 2.20. The van der Waals surface area contributed by atoms with Gasteiger partial charge in [-0.15, -0.1) is 0 Å². The Labute approximate surface area is 161 Å². The maximum absolute atomic E-state index is 9.38. The van der Waals surface area contributed by atoms with Crippen molar-refractivity contribution in [1.82, 2.24) is 15.6 Å². The molecule has 144 valence electrons. The Balaban J connectivity index is 1.53. The van der Waals surface area contributed by atoms with Gasteiger partial charge in [0.05, 0.1) is 6.54 Å². The van der Waals surface area contributed by atoms with E-state index >= 15 is 0 Å². The summed E-state index contributed by atoms with van der Waals surface area (Å²) in [5.41, 5.74) is 2.26. The van der Waals surface area contributed by atoms with Crippen LogP contribution in [0.4, 0.5) is 5.82 Å². The van der Waals surface area contributed by atoms with Crippen LogP contribution in [0.1, 0.15) is 30.9 Å². The average Bonchev–Trinajstić information content (AvgIpc) is 2.69. The summed E-state index contributed by atoms with van der Waals surface area (Å²) in [6.07, 6.45) is 4.04. The fourth-order valence-electron chi connectivity index (χ4n) is 3.19. The van der Waals surface area contributed by atoms with Crippen LogP contribution >= 0.6 is 0 Å². The number of anilines is 1. The first-order valence-electron chi connectivity index (χ1n) is 9.64. The number of aryl methyl sites for hydroxylation is 1. The molecule has 3 rings (SSSR count). The Morgan fingerprint density at radius 1 is 1.19 bits per heavy atom. The Morgan fingerprint density at radius 2 is 1.93 bits per heavy atom. The van der Waals surface area contributed by atoms with Crippen LogP contribution in [-0.4, -0.2) is 41.7 Å². The van der Waals surface area contributed by atoms with Gasteiger partial charge in [0.1, 0.15) is 11.6 Å². The molecule has 0 radical (unpaired) electrons. The average molecular weight is 367 g/mol. The lowest BCUT2D eigenvalue weighted by Crippen LogP contribution is -2.48. The predicted octanol–water partition coefficient (Wildman–Crippen LogP) is 2.82. The van der Waals surface area contributed by atoms with Crippen LogP contribution in [0.3, 0.4) is 0 Å². The van der Waals surface area contributed by atoms with Crippen molar-refractivity contribution in [1.29, 1.82) is 0 Å². The van der Waals surface area contributed by atoms with Crippen LogP contribution in [0.2, 0.25) is 0 Å². The molecule has 6 heteroatoms. The van der Waals surface area contributed by atoms with Gasteiger partial charge in [-0.1, -0.05) is 18.2 Å². The van der Waals surface area contributed by atoms with E-state index in [0.717, 1.165) is 49.8 Å². The predicted molar refractivity (Wildman–Crippen MR) is 110 cm³/mol. The molecule has 0 unspecified atom stereocenters. The van der Waals surface area contributed by atoms with Gasteiger partial charge in [-0.2, -0.15) is 0 Å². The molecule has 0 bridgehead atoms. The number of hydrogen-bond acceptors (Lipinski definition) is 4. The van der Waals surface area contributed by atoms with Gasteiger partial charge in [0.2, 0.25) is 0 Å². The van der Waals surface area contributed by atoms with E-state index in [1.54, 1.807) is 12.1 Å². The molecule has 2 heterocycles. The number of aromatic hydroxyl groups is 1. The van der Waals surface area contributed by atoms with E-state index in [-0.39, 0.29) is 5.75 Å². The zero-order chi connectivity index (χ0) is 19.1. The monoisotopic (exact) mass is 367 g/mol. The summed E-state index contributed by atoms with van der Waals surface area (Å²) >= 11 is 0. The number of rotatable bonds is 5. The molecule has 2 aromatic rings. The molecule has 1 fully saturated rings. The van der Waals surface area contributed by atoms with Crippen molar-refractivity contribution >= 4 is 11.8 Å². The van der Waals surface area contributed by atoms with E-state index in [2.05, 4.69) is 51.5 Å². The van der Waals surface area contributed by atoms with Gasteiger partial charge in [-0.05, 0) is 56.0 Å². The fourth-order valence-corrected chi connectivity index (χ4v) is 3.19. The molecule has 0 amide bonds. The molecule has 1 aromatic carbocycles. The van der Waals surface area contributed by atoms with Crippen LogP contribution in [0.25, 0.3) is 0 Å². The molecule has 27 heavy (non-hydrogen) atoms. The van der Waals surface area contributed by atoms with Gasteiger partial charge < -0.3 is 20.6 Å². The van der Waals surface area contributed by atoms with Crippen molar-refractivity contribution in [3.63, 3.8) is 0 Å². The smallest absolute Gasteiger partial charge is 0.191 e. The lowest BCUT2D eigenvalue weighted by molar-refractivity contribution is 0.459. The zero-order valence-corrected chi connectivity index (χ0v) is 16.2. The van der Waals surface area contributed by atoms with Crippen molar-refractivity contribution in [3.05, 3.63) is 53.7 Å². The summed E-state index contributed by atoms with van der Waals surface area (Å²) in [5.74, 6) is 2.19. The second-order valence-corrected chi connectivity index (χ2v) is 6.96. The summed E-state index contributed by atoms with van der Waals surface area (Å²) in [7, 11) is 0. The molecule has 1 aliphatic heterocycles. The van der Waals surface area contributed by atoms with Gasteiger partial charge >= 0.3 is 0 Å². The van der Waals surface area contributed by atoms with E-state index in [9.17, 15) is 5.11 Å². The molecular weight excluding hydrogens is 338 g/mol. The molecule has 1 aromatic heterocycles. The normalized spacial score (nSPS) is 15.6.